The molecule has 516 valence electrons. The number of carbonyl (C=O) groups is 10. The van der Waals surface area contributed by atoms with Crippen LogP contribution in [-0.2, 0) is 73.3 Å². The standard InChI is InChI=1S/C66H111N7O17.2H2/c1-48(2)43-54(76)45-51(63(82)49(3)55(25-18-19-26-58(67)68)65(84)73-57(64(69)83)44-50-29-31-52(74)32-30-50)23-20-21-35-70-61(79)47-90-42-39-87-37-22-24-53(75)46-89-41-40-88-38-36-71-59(77)34-33-56(66(85)86)72-60(78)27-16-14-12-10-8-6-4-5-7-9-11-13-15-17-28-62(80)81;;/h29-32,48-49,51,55-57,74H,4-28,33-47H2,1-3H3,(H3,67,68)(H2,69,83)(H,70,79)(H,71,77)(H,72,78)(H,73,84)(H,80,81)(H,85,86);2*1H/t49?,51-,55-,56+,57+;;/m1../s1. The molecule has 0 fully saturated rings. The highest BCUT2D eigenvalue weighted by atomic mass is 16.5. The maximum absolute atomic E-state index is 14.3. The fourth-order valence-electron chi connectivity index (χ4n) is 10.2. The Bertz CT molecular complexity index is 2260. The molecule has 0 aliphatic heterocycles. The van der Waals surface area contributed by atoms with Gasteiger partial charge in [-0.05, 0) is 75.0 Å². The number of phenolic OH excluding ortho intramolecular Hbond substituents is 1. The summed E-state index contributed by atoms with van der Waals surface area (Å²) in [7, 11) is 0. The number of rotatable bonds is 61. The van der Waals surface area contributed by atoms with Crippen molar-refractivity contribution in [3.63, 3.8) is 0 Å². The summed E-state index contributed by atoms with van der Waals surface area (Å²) in [5.41, 5.74) is 11.9. The summed E-state index contributed by atoms with van der Waals surface area (Å²) < 4.78 is 21.8. The van der Waals surface area contributed by atoms with Gasteiger partial charge in [-0.25, -0.2) is 4.79 Å². The Morgan fingerprint density at radius 3 is 1.63 bits per heavy atom. The molecule has 1 aromatic carbocycles. The molecule has 0 heterocycles. The van der Waals surface area contributed by atoms with Crippen molar-refractivity contribution < 1.29 is 85.1 Å². The van der Waals surface area contributed by atoms with Crippen molar-refractivity contribution in [2.45, 2.75) is 225 Å². The largest absolute Gasteiger partial charge is 0.508 e. The van der Waals surface area contributed by atoms with Crippen molar-refractivity contribution in [3.8, 4) is 5.75 Å². The van der Waals surface area contributed by atoms with E-state index < -0.39 is 53.6 Å². The van der Waals surface area contributed by atoms with Gasteiger partial charge in [-0.3, -0.25) is 48.6 Å². The number of unbranched alkanes of at least 4 members (excludes halogenated alkanes) is 15. The number of ketones is 3. The van der Waals surface area contributed by atoms with Crippen molar-refractivity contribution in [1.82, 2.24) is 21.3 Å². The van der Waals surface area contributed by atoms with E-state index in [2.05, 4.69) is 21.3 Å². The Morgan fingerprint density at radius 1 is 0.511 bits per heavy atom. The quantitative estimate of drug-likeness (QED) is 0.0169. The number of aromatic hydroxyl groups is 1. The van der Waals surface area contributed by atoms with E-state index in [0.29, 0.717) is 70.1 Å². The van der Waals surface area contributed by atoms with Crippen LogP contribution in [0.1, 0.15) is 215 Å². The fraction of sp³-hybridized carbons (Fsp3) is 0.742. The first kappa shape index (κ1) is 81.6. The zero-order valence-corrected chi connectivity index (χ0v) is 54.3. The number of primary amides is 1. The van der Waals surface area contributed by atoms with Crippen LogP contribution in [0.5, 0.6) is 5.75 Å². The summed E-state index contributed by atoms with van der Waals surface area (Å²) in [6, 6.07) is 3.89. The Morgan fingerprint density at radius 2 is 1.06 bits per heavy atom. The summed E-state index contributed by atoms with van der Waals surface area (Å²) in [5, 5.41) is 46.3. The molecule has 24 nitrogen and oxygen atoms in total. The Balaban J connectivity index is 0. The molecule has 24 heteroatoms. The highest BCUT2D eigenvalue weighted by Crippen LogP contribution is 2.28. The molecule has 1 rings (SSSR count). The summed E-state index contributed by atoms with van der Waals surface area (Å²) in [6.45, 7) is 6.87. The molecule has 0 aliphatic carbocycles. The molecule has 12 N–H and O–H groups in total. The summed E-state index contributed by atoms with van der Waals surface area (Å²) in [5.74, 6) is -6.99. The molecule has 1 aromatic rings. The molecule has 1 unspecified atom stereocenters. The van der Waals surface area contributed by atoms with E-state index in [-0.39, 0.29) is 166 Å². The molecule has 5 atom stereocenters. The SMILES string of the molecule is CC(C)CC(=O)C[C@@H](CCCCNC(=O)COCCOCCCC(=O)COCCOCCNC(=O)CC[C@H](NC(=O)CCCCCCCCCCCCCCCCC(=O)O)C(=O)O)C(=O)C(C)[C@@H](CCCCC(=N)N)C(=O)N[C@@H](Cc1ccc(O)cc1)C(N)=O.[HH].[HH]. The Kier molecular flexibility index (Phi) is 47.4. The number of aliphatic carboxylic acids is 2. The van der Waals surface area contributed by atoms with Crippen LogP contribution in [-0.4, -0.2) is 158 Å². The fourth-order valence-corrected chi connectivity index (χ4v) is 10.2. The lowest BCUT2D eigenvalue weighted by molar-refractivity contribution is -0.142. The molecular formula is C66H115N7O17. The van der Waals surface area contributed by atoms with Crippen LogP contribution in [0.15, 0.2) is 24.3 Å². The average molecular weight is 1280 g/mol. The van der Waals surface area contributed by atoms with Crippen LogP contribution in [0, 0.1) is 29.1 Å². The van der Waals surface area contributed by atoms with Gasteiger partial charge in [0.25, 0.3) is 0 Å². The van der Waals surface area contributed by atoms with Gasteiger partial charge in [0.15, 0.2) is 5.78 Å². The molecule has 0 bridgehead atoms. The molecule has 0 aliphatic rings. The van der Waals surface area contributed by atoms with E-state index in [1.54, 1.807) is 19.1 Å². The second-order valence-electron chi connectivity index (χ2n) is 23.9. The highest BCUT2D eigenvalue weighted by Gasteiger charge is 2.36. The van der Waals surface area contributed by atoms with Gasteiger partial charge in [0.2, 0.25) is 29.5 Å². The topological polar surface area (TPSA) is 392 Å². The molecule has 0 saturated heterocycles. The van der Waals surface area contributed by atoms with Gasteiger partial charge in [0, 0.05) is 91.7 Å². The van der Waals surface area contributed by atoms with Gasteiger partial charge in [0.1, 0.15) is 42.6 Å². The molecule has 0 saturated carbocycles. The minimum absolute atomic E-state index is 0. The molecular weight excluding hydrogens is 1160 g/mol. The first-order valence-corrected chi connectivity index (χ1v) is 32.9. The van der Waals surface area contributed by atoms with E-state index in [0.717, 1.165) is 51.4 Å². The molecule has 90 heavy (non-hydrogen) atoms. The van der Waals surface area contributed by atoms with Crippen LogP contribution >= 0.6 is 0 Å². The minimum atomic E-state index is -1.20. The van der Waals surface area contributed by atoms with Gasteiger partial charge in [0.05, 0.1) is 38.9 Å². The molecule has 5 amide bonds. The number of ether oxygens (including phenoxy) is 4. The van der Waals surface area contributed by atoms with Crippen molar-refractivity contribution in [2.24, 2.45) is 35.1 Å². The van der Waals surface area contributed by atoms with Crippen LogP contribution in [0.2, 0.25) is 0 Å². The van der Waals surface area contributed by atoms with Gasteiger partial charge >= 0.3 is 11.9 Å². The van der Waals surface area contributed by atoms with E-state index in [1.807, 2.05) is 13.8 Å². The lowest BCUT2D eigenvalue weighted by atomic mass is 9.77. The van der Waals surface area contributed by atoms with Gasteiger partial charge in [-0.15, -0.1) is 0 Å². The van der Waals surface area contributed by atoms with Crippen molar-refractivity contribution in [3.05, 3.63) is 29.8 Å². The number of carbonyl (C=O) groups excluding carboxylic acids is 8. The van der Waals surface area contributed by atoms with E-state index >= 15 is 0 Å². The number of amidine groups is 1. The number of Topliss-reactive ketones (excluding diaryl/α,β-unsaturated/α-hetero) is 3. The Labute approximate surface area is 536 Å². The summed E-state index contributed by atoms with van der Waals surface area (Å²) in [4.78, 5) is 126. The third-order valence-electron chi connectivity index (χ3n) is 15.3. The number of hydrogen-bond donors (Lipinski definition) is 10. The third-order valence-corrected chi connectivity index (χ3v) is 15.3. The normalized spacial score (nSPS) is 12.9. The van der Waals surface area contributed by atoms with E-state index in [1.165, 1.54) is 44.2 Å². The van der Waals surface area contributed by atoms with Gasteiger partial charge in [-0.2, -0.15) is 0 Å². The second-order valence-corrected chi connectivity index (χ2v) is 23.9. The summed E-state index contributed by atoms with van der Waals surface area (Å²) in [6.07, 6.45) is 19.2. The zero-order valence-electron chi connectivity index (χ0n) is 54.3. The highest BCUT2D eigenvalue weighted by molar-refractivity contribution is 5.94. The van der Waals surface area contributed by atoms with Crippen LogP contribution < -0.4 is 32.7 Å². The smallest absolute Gasteiger partial charge is 0.326 e. The molecule has 0 spiro atoms. The number of nitrogens with one attached hydrogen (secondary N) is 5. The Hall–Kier alpha value is -6.37. The average Bonchev–Trinajstić information content (AvgIpc) is 0.981. The number of nitrogens with two attached hydrogens (primary N) is 2. The maximum atomic E-state index is 14.3. The number of carboxylic acids is 2. The lowest BCUT2D eigenvalue weighted by Gasteiger charge is -2.28. The predicted octanol–water partition coefficient (Wildman–Crippen LogP) is 7.83. The van der Waals surface area contributed by atoms with Crippen LogP contribution in [0.25, 0.3) is 0 Å². The van der Waals surface area contributed by atoms with Crippen molar-refractivity contribution in [2.75, 3.05) is 65.9 Å². The predicted molar refractivity (Wildman–Crippen MR) is 345 cm³/mol. The monoisotopic (exact) mass is 1280 g/mol. The number of amides is 5. The van der Waals surface area contributed by atoms with Crippen LogP contribution in [0.3, 0.4) is 0 Å². The van der Waals surface area contributed by atoms with Gasteiger partial charge < -0.3 is 67.0 Å². The number of phenols is 1. The number of benzene rings is 1. The number of carboxylic acid groups (broad SMARTS) is 2. The zero-order chi connectivity index (χ0) is 66.7. The molecule has 0 aromatic heterocycles. The lowest BCUT2D eigenvalue weighted by Crippen LogP contribution is -2.49. The van der Waals surface area contributed by atoms with E-state index in [4.69, 9.17) is 40.9 Å². The van der Waals surface area contributed by atoms with Crippen molar-refractivity contribution >= 4 is 64.7 Å². The first-order chi connectivity index (χ1) is 43.1. The van der Waals surface area contributed by atoms with E-state index in [9.17, 15) is 58.2 Å². The summed E-state index contributed by atoms with van der Waals surface area (Å²) >= 11 is 0. The molecule has 0 radical (unpaired) electrons. The van der Waals surface area contributed by atoms with Crippen molar-refractivity contribution in [1.29, 1.82) is 5.41 Å². The third kappa shape index (κ3) is 45.0. The first-order valence-electron chi connectivity index (χ1n) is 32.9. The second kappa shape index (κ2) is 52.3. The maximum Gasteiger partial charge on any atom is 0.326 e. The van der Waals surface area contributed by atoms with Gasteiger partial charge in [-0.1, -0.05) is 123 Å². The van der Waals surface area contributed by atoms with Crippen LogP contribution in [0.4, 0.5) is 0 Å². The minimum Gasteiger partial charge on any atom is -0.508 e. The number of hydrogen-bond acceptors (Lipinski definition) is 16.